The molecule has 0 aliphatic rings. The summed E-state index contributed by atoms with van der Waals surface area (Å²) in [6.45, 7) is 0. The van der Waals surface area contributed by atoms with Crippen molar-refractivity contribution in [1.82, 2.24) is 0 Å². The first kappa shape index (κ1) is 14.6. The number of rotatable bonds is 4. The molecule has 108 valence electrons. The Balaban J connectivity index is 2.04. The SMILES string of the molecule is N#CCc1cc(C(=N)c2ccco2)sc1-c1ccc(Cl)cc1. The van der Waals surface area contributed by atoms with Crippen LogP contribution >= 0.6 is 22.9 Å². The highest BCUT2D eigenvalue weighted by molar-refractivity contribution is 7.17. The Morgan fingerprint density at radius 1 is 1.27 bits per heavy atom. The van der Waals surface area contributed by atoms with E-state index in [0.717, 1.165) is 20.9 Å². The average Bonchev–Trinajstić information content (AvgIpc) is 3.17. The Hall–Kier alpha value is -2.35. The van der Waals surface area contributed by atoms with Crippen molar-refractivity contribution in [2.75, 3.05) is 0 Å². The zero-order valence-corrected chi connectivity index (χ0v) is 13.0. The minimum Gasteiger partial charge on any atom is -0.463 e. The Labute approximate surface area is 136 Å². The zero-order chi connectivity index (χ0) is 15.5. The Kier molecular flexibility index (Phi) is 4.10. The van der Waals surface area contributed by atoms with Crippen LogP contribution in [0.25, 0.3) is 10.4 Å². The van der Waals surface area contributed by atoms with Crippen molar-refractivity contribution < 1.29 is 4.42 Å². The lowest BCUT2D eigenvalue weighted by Crippen LogP contribution is -1.95. The van der Waals surface area contributed by atoms with Crippen molar-refractivity contribution in [3.05, 3.63) is 70.0 Å². The van der Waals surface area contributed by atoms with Gasteiger partial charge in [0.15, 0.2) is 5.76 Å². The number of nitriles is 1. The summed E-state index contributed by atoms with van der Waals surface area (Å²) in [5.41, 5.74) is 2.24. The molecule has 0 unspecified atom stereocenters. The molecule has 0 atom stereocenters. The fourth-order valence-electron chi connectivity index (χ4n) is 2.16. The van der Waals surface area contributed by atoms with Gasteiger partial charge >= 0.3 is 0 Å². The lowest BCUT2D eigenvalue weighted by Gasteiger charge is -2.00. The number of benzene rings is 1. The number of hydrogen-bond acceptors (Lipinski definition) is 4. The maximum absolute atomic E-state index is 9.03. The van der Waals surface area contributed by atoms with Crippen LogP contribution in [0.1, 0.15) is 16.2 Å². The zero-order valence-electron chi connectivity index (χ0n) is 11.5. The van der Waals surface area contributed by atoms with Gasteiger partial charge in [0.2, 0.25) is 0 Å². The lowest BCUT2D eigenvalue weighted by atomic mass is 10.1. The number of halogens is 1. The molecule has 1 N–H and O–H groups in total. The molecule has 0 saturated heterocycles. The van der Waals surface area contributed by atoms with Gasteiger partial charge in [0.1, 0.15) is 5.71 Å². The highest BCUT2D eigenvalue weighted by atomic mass is 35.5. The summed E-state index contributed by atoms with van der Waals surface area (Å²) >= 11 is 7.41. The first-order valence-corrected chi connectivity index (χ1v) is 7.77. The van der Waals surface area contributed by atoms with E-state index in [0.29, 0.717) is 22.9 Å². The van der Waals surface area contributed by atoms with Gasteiger partial charge in [-0.05, 0) is 41.5 Å². The van der Waals surface area contributed by atoms with Gasteiger partial charge in [-0.25, -0.2) is 0 Å². The van der Waals surface area contributed by atoms with Gasteiger partial charge in [0, 0.05) is 9.90 Å². The van der Waals surface area contributed by atoms with Crippen LogP contribution in [0.5, 0.6) is 0 Å². The fourth-order valence-corrected chi connectivity index (χ4v) is 3.42. The molecule has 0 saturated carbocycles. The molecule has 0 aliphatic carbocycles. The topological polar surface area (TPSA) is 60.8 Å². The summed E-state index contributed by atoms with van der Waals surface area (Å²) < 4.78 is 5.28. The number of furan rings is 1. The van der Waals surface area contributed by atoms with E-state index in [4.69, 9.17) is 26.7 Å². The van der Waals surface area contributed by atoms with E-state index in [1.165, 1.54) is 11.3 Å². The summed E-state index contributed by atoms with van der Waals surface area (Å²) in [6.07, 6.45) is 1.85. The third kappa shape index (κ3) is 2.82. The highest BCUT2D eigenvalue weighted by Crippen LogP contribution is 2.34. The molecular weight excluding hydrogens is 316 g/mol. The molecule has 1 aromatic carbocycles. The molecule has 3 nitrogen and oxygen atoms in total. The first-order chi connectivity index (χ1) is 10.7. The second-order valence-electron chi connectivity index (χ2n) is 4.66. The molecule has 0 radical (unpaired) electrons. The van der Waals surface area contributed by atoms with Crippen molar-refractivity contribution in [3.8, 4) is 16.5 Å². The van der Waals surface area contributed by atoms with Crippen LogP contribution < -0.4 is 0 Å². The van der Waals surface area contributed by atoms with E-state index in [9.17, 15) is 0 Å². The van der Waals surface area contributed by atoms with Gasteiger partial charge in [-0.1, -0.05) is 23.7 Å². The van der Waals surface area contributed by atoms with Crippen LogP contribution in [0.3, 0.4) is 0 Å². The summed E-state index contributed by atoms with van der Waals surface area (Å²) in [6, 6.07) is 15.1. The monoisotopic (exact) mass is 326 g/mol. The number of thiophene rings is 1. The van der Waals surface area contributed by atoms with Crippen LogP contribution in [-0.4, -0.2) is 5.71 Å². The summed E-state index contributed by atoms with van der Waals surface area (Å²) in [5, 5.41) is 17.9. The van der Waals surface area contributed by atoms with Crippen molar-refractivity contribution in [2.45, 2.75) is 6.42 Å². The Morgan fingerprint density at radius 3 is 2.68 bits per heavy atom. The molecule has 3 aromatic rings. The van der Waals surface area contributed by atoms with E-state index in [1.54, 1.807) is 18.4 Å². The smallest absolute Gasteiger partial charge is 0.152 e. The van der Waals surface area contributed by atoms with Gasteiger partial charge in [-0.15, -0.1) is 11.3 Å². The van der Waals surface area contributed by atoms with Gasteiger partial charge in [0.05, 0.1) is 23.6 Å². The van der Waals surface area contributed by atoms with Crippen molar-refractivity contribution in [2.24, 2.45) is 0 Å². The number of hydrogen-bond donors (Lipinski definition) is 1. The fraction of sp³-hybridized carbons (Fsp3) is 0.0588. The summed E-state index contributed by atoms with van der Waals surface area (Å²) in [5.74, 6) is 0.521. The summed E-state index contributed by atoms with van der Waals surface area (Å²) in [7, 11) is 0. The largest absolute Gasteiger partial charge is 0.463 e. The third-order valence-corrected chi connectivity index (χ3v) is 4.69. The molecule has 0 spiro atoms. The number of nitrogens with zero attached hydrogens (tertiary/aromatic N) is 1. The normalized spacial score (nSPS) is 10.4. The summed E-state index contributed by atoms with van der Waals surface area (Å²) in [4.78, 5) is 1.77. The van der Waals surface area contributed by atoms with E-state index in [1.807, 2.05) is 30.3 Å². The van der Waals surface area contributed by atoms with E-state index < -0.39 is 0 Å². The molecule has 2 heterocycles. The van der Waals surface area contributed by atoms with Crippen LogP contribution in [0.15, 0.2) is 53.1 Å². The van der Waals surface area contributed by atoms with Crippen molar-refractivity contribution in [1.29, 1.82) is 10.7 Å². The maximum Gasteiger partial charge on any atom is 0.152 e. The van der Waals surface area contributed by atoms with Crippen molar-refractivity contribution in [3.63, 3.8) is 0 Å². The molecule has 0 aliphatic heterocycles. The quantitative estimate of drug-likeness (QED) is 0.674. The molecule has 0 bridgehead atoms. The lowest BCUT2D eigenvalue weighted by molar-refractivity contribution is 0.557. The van der Waals surface area contributed by atoms with Gasteiger partial charge in [-0.2, -0.15) is 5.26 Å². The Bertz CT molecular complexity index is 842. The second-order valence-corrected chi connectivity index (χ2v) is 6.15. The average molecular weight is 327 g/mol. The van der Waals surface area contributed by atoms with Gasteiger partial charge in [0.25, 0.3) is 0 Å². The van der Waals surface area contributed by atoms with E-state index in [-0.39, 0.29) is 0 Å². The molecular formula is C17H11ClN2OS. The highest BCUT2D eigenvalue weighted by Gasteiger charge is 2.16. The first-order valence-electron chi connectivity index (χ1n) is 6.57. The van der Waals surface area contributed by atoms with Crippen molar-refractivity contribution >= 4 is 28.6 Å². The van der Waals surface area contributed by atoms with Crippen LogP contribution in [0.2, 0.25) is 5.02 Å². The van der Waals surface area contributed by atoms with Crippen LogP contribution in [0.4, 0.5) is 0 Å². The standard InChI is InChI=1S/C17H11ClN2OS/c18-13-5-3-11(4-6-13)17-12(7-8-19)10-15(22-17)16(20)14-2-1-9-21-14/h1-6,9-10,20H,7H2. The predicted octanol–water partition coefficient (Wildman–Crippen LogP) is 5.14. The molecule has 22 heavy (non-hydrogen) atoms. The van der Waals surface area contributed by atoms with E-state index in [2.05, 4.69) is 6.07 Å². The second kappa shape index (κ2) is 6.18. The van der Waals surface area contributed by atoms with Crippen LogP contribution in [-0.2, 0) is 6.42 Å². The predicted molar refractivity (Wildman–Crippen MR) is 88.7 cm³/mol. The van der Waals surface area contributed by atoms with Gasteiger partial charge in [-0.3, -0.25) is 5.41 Å². The minimum atomic E-state index is 0.305. The third-order valence-electron chi connectivity index (χ3n) is 3.20. The molecule has 5 heteroatoms. The van der Waals surface area contributed by atoms with Gasteiger partial charge < -0.3 is 4.42 Å². The molecule has 0 amide bonds. The van der Waals surface area contributed by atoms with Crippen LogP contribution in [0, 0.1) is 16.7 Å². The molecule has 3 rings (SSSR count). The molecule has 2 aromatic heterocycles. The van der Waals surface area contributed by atoms with E-state index >= 15 is 0 Å². The number of nitrogens with one attached hydrogen (secondary N) is 1. The minimum absolute atomic E-state index is 0.305. The maximum atomic E-state index is 9.03. The molecule has 0 fully saturated rings. The Morgan fingerprint density at radius 2 is 2.05 bits per heavy atom.